The van der Waals surface area contributed by atoms with Crippen LogP contribution in [0.3, 0.4) is 0 Å². The van der Waals surface area contributed by atoms with E-state index in [9.17, 15) is 14.7 Å². The normalized spacial score (nSPS) is 36.3. The molecule has 0 spiro atoms. The van der Waals surface area contributed by atoms with Crippen molar-refractivity contribution in [2.24, 2.45) is 29.6 Å². The van der Waals surface area contributed by atoms with Crippen molar-refractivity contribution in [1.82, 2.24) is 0 Å². The van der Waals surface area contributed by atoms with Gasteiger partial charge in [-0.2, -0.15) is 0 Å². The maximum absolute atomic E-state index is 12.7. The van der Waals surface area contributed by atoms with Crippen molar-refractivity contribution < 1.29 is 19.4 Å². The Morgan fingerprint density at radius 1 is 1.36 bits per heavy atom. The molecule has 1 saturated heterocycles. The summed E-state index contributed by atoms with van der Waals surface area (Å²) in [6, 6.07) is 0. The number of hydrogen-bond acceptors (Lipinski definition) is 4. The fourth-order valence-corrected chi connectivity index (χ4v) is 5.34. The molecule has 0 aromatic heterocycles. The molecular formula is C24H36O4. The van der Waals surface area contributed by atoms with Crippen LogP contribution in [0.4, 0.5) is 0 Å². The molecule has 2 aliphatic carbocycles. The van der Waals surface area contributed by atoms with Crippen molar-refractivity contribution in [3.8, 4) is 0 Å². The number of aliphatic hydroxyl groups excluding tert-OH is 1. The van der Waals surface area contributed by atoms with Crippen molar-refractivity contribution in [2.75, 3.05) is 0 Å². The minimum Gasteiger partial charge on any atom is -0.462 e. The molecule has 4 heteroatoms. The van der Waals surface area contributed by atoms with Gasteiger partial charge in [-0.3, -0.25) is 9.59 Å². The van der Waals surface area contributed by atoms with Crippen LogP contribution in [-0.2, 0) is 14.3 Å². The largest absolute Gasteiger partial charge is 0.462 e. The molecule has 1 heterocycles. The third-order valence-electron chi connectivity index (χ3n) is 7.22. The summed E-state index contributed by atoms with van der Waals surface area (Å²) in [6.45, 7) is 6.40. The van der Waals surface area contributed by atoms with E-state index >= 15 is 0 Å². The number of cyclic esters (lactones) is 1. The predicted octanol–water partition coefficient (Wildman–Crippen LogP) is 4.61. The van der Waals surface area contributed by atoms with E-state index in [2.05, 4.69) is 32.1 Å². The lowest BCUT2D eigenvalue weighted by Crippen LogP contribution is -2.37. The van der Waals surface area contributed by atoms with Gasteiger partial charge in [-0.1, -0.05) is 39.0 Å². The standard InChI is InChI=1S/C24H36O4/c1-4-15(2)22(26)12-18-7-5-6-17-9-8-16(3)21(24(17)18)11-10-20-13-19(25)14-23(27)28-20/h6,8-9,15-16,18-21,24-25H,4-5,7,10-14H2,1-3H3/t15-,16-,18+,19?,20?,21-,24+/m0/s1. The van der Waals surface area contributed by atoms with Crippen LogP contribution in [0.25, 0.3) is 0 Å². The summed E-state index contributed by atoms with van der Waals surface area (Å²) in [4.78, 5) is 24.3. The molecule has 0 aromatic carbocycles. The van der Waals surface area contributed by atoms with Crippen LogP contribution in [0.2, 0.25) is 0 Å². The minimum atomic E-state index is -0.569. The Kier molecular flexibility index (Phi) is 7.14. The van der Waals surface area contributed by atoms with Gasteiger partial charge in [0, 0.05) is 18.8 Å². The van der Waals surface area contributed by atoms with Gasteiger partial charge < -0.3 is 9.84 Å². The van der Waals surface area contributed by atoms with Gasteiger partial charge in [0.05, 0.1) is 12.5 Å². The van der Waals surface area contributed by atoms with Crippen LogP contribution in [0.1, 0.15) is 72.1 Å². The molecule has 0 radical (unpaired) electrons. The molecule has 156 valence electrons. The molecule has 1 fully saturated rings. The zero-order valence-corrected chi connectivity index (χ0v) is 17.6. The summed E-state index contributed by atoms with van der Waals surface area (Å²) in [5, 5.41) is 9.88. The smallest absolute Gasteiger partial charge is 0.308 e. The van der Waals surface area contributed by atoms with Gasteiger partial charge in [0.2, 0.25) is 0 Å². The highest BCUT2D eigenvalue weighted by Crippen LogP contribution is 2.47. The summed E-state index contributed by atoms with van der Waals surface area (Å²) in [5.74, 6) is 2.02. The minimum absolute atomic E-state index is 0.119. The number of ether oxygens (including phenoxy) is 1. The molecule has 1 N–H and O–H groups in total. The first-order valence-corrected chi connectivity index (χ1v) is 11.2. The highest BCUT2D eigenvalue weighted by molar-refractivity contribution is 5.81. The van der Waals surface area contributed by atoms with Gasteiger partial charge in [-0.25, -0.2) is 0 Å². The summed E-state index contributed by atoms with van der Waals surface area (Å²) in [6.07, 6.45) is 12.4. The Balaban J connectivity index is 1.70. The lowest BCUT2D eigenvalue weighted by Gasteiger charge is -2.43. The third kappa shape index (κ3) is 4.94. The van der Waals surface area contributed by atoms with Gasteiger partial charge in [-0.05, 0) is 61.3 Å². The number of esters is 1. The number of hydrogen-bond donors (Lipinski definition) is 1. The number of ketones is 1. The van der Waals surface area contributed by atoms with E-state index in [0.717, 1.165) is 32.1 Å². The van der Waals surface area contributed by atoms with Crippen LogP contribution < -0.4 is 0 Å². The number of allylic oxidation sites excluding steroid dienone is 4. The number of aliphatic hydroxyl groups is 1. The average molecular weight is 389 g/mol. The molecule has 2 unspecified atom stereocenters. The van der Waals surface area contributed by atoms with Crippen LogP contribution >= 0.6 is 0 Å². The number of rotatable bonds is 7. The Bertz CT molecular complexity index is 635. The van der Waals surface area contributed by atoms with Crippen LogP contribution in [0.15, 0.2) is 23.8 Å². The Morgan fingerprint density at radius 3 is 2.86 bits per heavy atom. The van der Waals surface area contributed by atoms with Gasteiger partial charge >= 0.3 is 5.97 Å². The molecule has 28 heavy (non-hydrogen) atoms. The summed E-state index contributed by atoms with van der Waals surface area (Å²) in [5.41, 5.74) is 1.40. The van der Waals surface area contributed by atoms with E-state index in [1.54, 1.807) is 0 Å². The van der Waals surface area contributed by atoms with Crippen molar-refractivity contribution in [1.29, 1.82) is 0 Å². The molecule has 3 rings (SSSR count). The second-order valence-corrected chi connectivity index (χ2v) is 9.21. The molecule has 0 saturated carbocycles. The van der Waals surface area contributed by atoms with E-state index in [0.29, 0.717) is 42.3 Å². The molecule has 3 aliphatic rings. The third-order valence-corrected chi connectivity index (χ3v) is 7.22. The summed E-state index contributed by atoms with van der Waals surface area (Å²) in [7, 11) is 0. The lowest BCUT2D eigenvalue weighted by atomic mass is 9.62. The fraction of sp³-hybridized carbons (Fsp3) is 0.750. The molecule has 4 nitrogen and oxygen atoms in total. The number of carbonyl (C=O) groups is 2. The number of Topliss-reactive ketones (excluding diaryl/α,β-unsaturated/α-hetero) is 1. The molecule has 0 amide bonds. The average Bonchev–Trinajstić information content (AvgIpc) is 2.66. The van der Waals surface area contributed by atoms with Crippen molar-refractivity contribution in [3.63, 3.8) is 0 Å². The summed E-state index contributed by atoms with van der Waals surface area (Å²) >= 11 is 0. The molecule has 0 aromatic rings. The fourth-order valence-electron chi connectivity index (χ4n) is 5.34. The van der Waals surface area contributed by atoms with Gasteiger partial charge in [0.15, 0.2) is 0 Å². The Morgan fingerprint density at radius 2 is 2.14 bits per heavy atom. The first-order valence-electron chi connectivity index (χ1n) is 11.2. The Labute approximate surface area is 169 Å². The van der Waals surface area contributed by atoms with E-state index in [4.69, 9.17) is 4.74 Å². The second-order valence-electron chi connectivity index (χ2n) is 9.21. The van der Waals surface area contributed by atoms with E-state index < -0.39 is 6.10 Å². The quantitative estimate of drug-likeness (QED) is 0.647. The number of fused-ring (bicyclic) bond motifs is 1. The van der Waals surface area contributed by atoms with Gasteiger partial charge in [0.1, 0.15) is 11.9 Å². The van der Waals surface area contributed by atoms with Crippen molar-refractivity contribution in [3.05, 3.63) is 23.8 Å². The second kappa shape index (κ2) is 9.39. The predicted molar refractivity (Wildman–Crippen MR) is 110 cm³/mol. The Hall–Kier alpha value is -1.42. The van der Waals surface area contributed by atoms with Crippen LogP contribution in [0.5, 0.6) is 0 Å². The van der Waals surface area contributed by atoms with Gasteiger partial charge in [-0.15, -0.1) is 0 Å². The number of carbonyl (C=O) groups excluding carboxylic acids is 2. The first-order chi connectivity index (χ1) is 13.4. The van der Waals surface area contributed by atoms with Crippen LogP contribution in [0, 0.1) is 29.6 Å². The van der Waals surface area contributed by atoms with E-state index in [1.807, 2.05) is 6.92 Å². The molecule has 1 aliphatic heterocycles. The first kappa shape index (κ1) is 21.3. The zero-order chi connectivity index (χ0) is 20.3. The zero-order valence-electron chi connectivity index (χ0n) is 17.6. The molecule has 7 atom stereocenters. The highest BCUT2D eigenvalue weighted by Gasteiger charge is 2.39. The molecule has 0 bridgehead atoms. The van der Waals surface area contributed by atoms with E-state index in [1.165, 1.54) is 5.57 Å². The van der Waals surface area contributed by atoms with Gasteiger partial charge in [0.25, 0.3) is 0 Å². The van der Waals surface area contributed by atoms with Crippen molar-refractivity contribution >= 4 is 11.8 Å². The van der Waals surface area contributed by atoms with E-state index in [-0.39, 0.29) is 24.4 Å². The maximum Gasteiger partial charge on any atom is 0.308 e. The van der Waals surface area contributed by atoms with Crippen LogP contribution in [-0.4, -0.2) is 29.1 Å². The maximum atomic E-state index is 12.7. The molecular weight excluding hydrogens is 352 g/mol. The summed E-state index contributed by atoms with van der Waals surface area (Å²) < 4.78 is 5.47. The topological polar surface area (TPSA) is 63.6 Å². The lowest BCUT2D eigenvalue weighted by molar-refractivity contribution is -0.160. The highest BCUT2D eigenvalue weighted by atomic mass is 16.5. The monoisotopic (exact) mass is 388 g/mol. The SMILES string of the molecule is CC[C@H](C)C(=O)C[C@H]1CCC=C2C=C[C@H](C)[C@H](CCC3CC(O)CC(=O)O3)[C@H]21. The van der Waals surface area contributed by atoms with Crippen molar-refractivity contribution in [2.45, 2.75) is 84.3 Å².